The van der Waals surface area contributed by atoms with Crippen LogP contribution in [0.25, 0.3) is 0 Å². The van der Waals surface area contributed by atoms with Gasteiger partial charge in [-0.2, -0.15) is 0 Å². The smallest absolute Gasteiger partial charge is 0.255 e. The highest BCUT2D eigenvalue weighted by molar-refractivity contribution is 7.94. The molecule has 0 atom stereocenters. The van der Waals surface area contributed by atoms with Crippen LogP contribution in [-0.2, 0) is 14.8 Å². The normalized spacial score (nSPS) is 19.2. The molecule has 0 radical (unpaired) electrons. The molecule has 0 aliphatic carbocycles. The molecule has 1 N–H and O–H groups in total. The van der Waals surface area contributed by atoms with Gasteiger partial charge in [0.25, 0.3) is 5.91 Å². The summed E-state index contributed by atoms with van der Waals surface area (Å²) in [5.74, 6) is -0.150. The molecule has 0 saturated carbocycles. The van der Waals surface area contributed by atoms with Gasteiger partial charge in [-0.15, -0.1) is 0 Å². The van der Waals surface area contributed by atoms with Crippen LogP contribution in [0.3, 0.4) is 0 Å². The summed E-state index contributed by atoms with van der Waals surface area (Å²) in [5, 5.41) is 2.85. The highest BCUT2D eigenvalue weighted by Gasteiger charge is 2.36. The molecule has 0 unspecified atom stereocenters. The van der Waals surface area contributed by atoms with Gasteiger partial charge in [0.15, 0.2) is 0 Å². The molecule has 2 aromatic carbocycles. The monoisotopic (exact) mass is 427 g/mol. The second-order valence-electron chi connectivity index (χ2n) is 7.94. The van der Waals surface area contributed by atoms with Gasteiger partial charge in [-0.25, -0.2) is 12.7 Å². The van der Waals surface area contributed by atoms with Crippen molar-refractivity contribution in [2.45, 2.75) is 26.2 Å². The van der Waals surface area contributed by atoms with E-state index in [0.29, 0.717) is 11.3 Å². The van der Waals surface area contributed by atoms with E-state index in [4.69, 9.17) is 0 Å². The molecular weight excluding hydrogens is 402 g/mol. The molecule has 30 heavy (non-hydrogen) atoms. The number of benzene rings is 2. The first-order chi connectivity index (χ1) is 14.3. The lowest BCUT2D eigenvalue weighted by molar-refractivity contribution is -0.116. The second kappa shape index (κ2) is 8.10. The molecule has 0 spiro atoms. The van der Waals surface area contributed by atoms with Gasteiger partial charge < -0.3 is 10.2 Å². The van der Waals surface area contributed by atoms with Crippen molar-refractivity contribution in [3.8, 4) is 0 Å². The van der Waals surface area contributed by atoms with Crippen LogP contribution in [0, 0.1) is 5.92 Å². The molecule has 2 aliphatic rings. The van der Waals surface area contributed by atoms with Crippen molar-refractivity contribution in [1.82, 2.24) is 0 Å². The van der Waals surface area contributed by atoms with Gasteiger partial charge in [-0.1, -0.05) is 6.92 Å². The summed E-state index contributed by atoms with van der Waals surface area (Å²) in [7, 11) is -3.61. The van der Waals surface area contributed by atoms with Crippen LogP contribution >= 0.6 is 0 Å². The van der Waals surface area contributed by atoms with Gasteiger partial charge >= 0.3 is 0 Å². The number of amides is 2. The van der Waals surface area contributed by atoms with Crippen LogP contribution in [0.1, 0.15) is 36.5 Å². The van der Waals surface area contributed by atoms with E-state index in [1.165, 1.54) is 37.1 Å². The Bertz CT molecular complexity index is 1040. The van der Waals surface area contributed by atoms with E-state index >= 15 is 0 Å². The zero-order chi connectivity index (χ0) is 21.3. The summed E-state index contributed by atoms with van der Waals surface area (Å²) in [5.41, 5.74) is 2.49. The second-order valence-corrected chi connectivity index (χ2v) is 9.88. The topological polar surface area (TPSA) is 86.8 Å². The molecule has 158 valence electrons. The van der Waals surface area contributed by atoms with Gasteiger partial charge in [0.1, 0.15) is 0 Å². The number of carbonyl (C=O) groups excluding carboxylic acids is 2. The lowest BCUT2D eigenvalue weighted by atomic mass is 9.99. The fourth-order valence-electron chi connectivity index (χ4n) is 3.84. The molecule has 0 bridgehead atoms. The van der Waals surface area contributed by atoms with Crippen LogP contribution < -0.4 is 14.5 Å². The van der Waals surface area contributed by atoms with E-state index in [2.05, 4.69) is 17.1 Å². The first kappa shape index (κ1) is 20.4. The molecule has 2 fully saturated rings. The summed E-state index contributed by atoms with van der Waals surface area (Å²) >= 11 is 0. The standard InChI is InChI=1S/C22H25N3O4S/c1-16-10-13-24(14-11-16)19-8-4-18(5-9-19)23-22(27)17-2-6-20(7-3-17)25-21(26)12-15-30(25,28)29/h2-9,16H,10-15H2,1H3,(H,23,27). The Kier molecular flexibility index (Phi) is 5.51. The molecule has 2 aliphatic heterocycles. The van der Waals surface area contributed by atoms with E-state index in [9.17, 15) is 18.0 Å². The number of piperidine rings is 1. The fourth-order valence-corrected chi connectivity index (χ4v) is 5.30. The molecule has 0 aromatic heterocycles. The lowest BCUT2D eigenvalue weighted by Gasteiger charge is -2.32. The highest BCUT2D eigenvalue weighted by Crippen LogP contribution is 2.26. The van der Waals surface area contributed by atoms with Crippen molar-refractivity contribution in [3.05, 3.63) is 54.1 Å². The summed E-state index contributed by atoms with van der Waals surface area (Å²) in [6.45, 7) is 4.38. The molecule has 4 rings (SSSR count). The number of nitrogens with zero attached hydrogens (tertiary/aromatic N) is 2. The summed E-state index contributed by atoms with van der Waals surface area (Å²) in [6, 6.07) is 13.8. The molecule has 2 saturated heterocycles. The minimum absolute atomic E-state index is 0.0168. The summed E-state index contributed by atoms with van der Waals surface area (Å²) in [6.07, 6.45) is 2.37. The number of carbonyl (C=O) groups is 2. The molecule has 8 heteroatoms. The molecule has 7 nitrogen and oxygen atoms in total. The van der Waals surface area contributed by atoms with E-state index in [1.807, 2.05) is 24.3 Å². The van der Waals surface area contributed by atoms with E-state index < -0.39 is 15.9 Å². The van der Waals surface area contributed by atoms with Crippen LogP contribution in [0.2, 0.25) is 0 Å². The first-order valence-corrected chi connectivity index (χ1v) is 11.8. The average molecular weight is 428 g/mol. The van der Waals surface area contributed by atoms with Crippen molar-refractivity contribution in [3.63, 3.8) is 0 Å². The SMILES string of the molecule is CC1CCN(c2ccc(NC(=O)c3ccc(N4C(=O)CCS4(=O)=O)cc3)cc2)CC1. The maximum atomic E-state index is 12.5. The largest absolute Gasteiger partial charge is 0.372 e. The maximum Gasteiger partial charge on any atom is 0.255 e. The molecule has 2 aromatic rings. The van der Waals surface area contributed by atoms with Gasteiger partial charge in [-0.05, 0) is 67.3 Å². The first-order valence-electron chi connectivity index (χ1n) is 10.2. The van der Waals surface area contributed by atoms with Gasteiger partial charge in [0.2, 0.25) is 15.9 Å². The number of nitrogens with one attached hydrogen (secondary N) is 1. The lowest BCUT2D eigenvalue weighted by Crippen LogP contribution is -2.32. The third-order valence-corrected chi connectivity index (χ3v) is 7.41. The third-order valence-electron chi connectivity index (χ3n) is 5.72. The number of sulfonamides is 1. The molecular formula is C22H25N3O4S. The summed E-state index contributed by atoms with van der Waals surface area (Å²) < 4.78 is 24.8. The van der Waals surface area contributed by atoms with E-state index in [-0.39, 0.29) is 23.8 Å². The zero-order valence-electron chi connectivity index (χ0n) is 16.9. The fraction of sp³-hybridized carbons (Fsp3) is 0.364. The number of anilines is 3. The molecule has 2 amide bonds. The van der Waals surface area contributed by atoms with Gasteiger partial charge in [0.05, 0.1) is 11.4 Å². The van der Waals surface area contributed by atoms with Crippen LogP contribution in [0.15, 0.2) is 48.5 Å². The van der Waals surface area contributed by atoms with E-state index in [0.717, 1.165) is 29.0 Å². The van der Waals surface area contributed by atoms with Gasteiger partial charge in [-0.3, -0.25) is 9.59 Å². The zero-order valence-corrected chi connectivity index (χ0v) is 17.7. The Morgan fingerprint density at radius 3 is 2.13 bits per heavy atom. The van der Waals surface area contributed by atoms with Crippen molar-refractivity contribution < 1.29 is 18.0 Å². The number of rotatable bonds is 4. The van der Waals surface area contributed by atoms with Crippen molar-refractivity contribution in [2.75, 3.05) is 33.4 Å². The van der Waals surface area contributed by atoms with Crippen molar-refractivity contribution in [2.24, 2.45) is 5.92 Å². The Morgan fingerprint density at radius 2 is 1.57 bits per heavy atom. The Labute approximate surface area is 176 Å². The summed E-state index contributed by atoms with van der Waals surface area (Å²) in [4.78, 5) is 26.8. The number of hydrogen-bond donors (Lipinski definition) is 1. The minimum Gasteiger partial charge on any atom is -0.372 e. The Morgan fingerprint density at radius 1 is 0.967 bits per heavy atom. The van der Waals surface area contributed by atoms with Crippen molar-refractivity contribution in [1.29, 1.82) is 0 Å². The third kappa shape index (κ3) is 4.18. The van der Waals surface area contributed by atoms with Crippen molar-refractivity contribution >= 4 is 38.9 Å². The predicted octanol–water partition coefficient (Wildman–Crippen LogP) is 3.24. The Hall–Kier alpha value is -2.87. The van der Waals surface area contributed by atoms with Crippen LogP contribution in [0.4, 0.5) is 17.1 Å². The van der Waals surface area contributed by atoms with E-state index in [1.54, 1.807) is 0 Å². The molecule has 2 heterocycles. The minimum atomic E-state index is -3.61. The van der Waals surface area contributed by atoms with Crippen LogP contribution in [-0.4, -0.2) is 39.1 Å². The highest BCUT2D eigenvalue weighted by atomic mass is 32.2. The van der Waals surface area contributed by atoms with Crippen LogP contribution in [0.5, 0.6) is 0 Å². The maximum absolute atomic E-state index is 12.5. The predicted molar refractivity (Wildman–Crippen MR) is 117 cm³/mol. The average Bonchev–Trinajstić information content (AvgIpc) is 3.01. The Balaban J connectivity index is 1.41. The number of hydrogen-bond acceptors (Lipinski definition) is 5. The van der Waals surface area contributed by atoms with Gasteiger partial charge in [0, 0.05) is 36.4 Å². The quantitative estimate of drug-likeness (QED) is 0.809.